The molecule has 6 heteroatoms. The average Bonchev–Trinajstić information content (AvgIpc) is 2.87. The van der Waals surface area contributed by atoms with Crippen LogP contribution in [0.15, 0.2) is 24.3 Å². The smallest absolute Gasteiger partial charge is 0.238 e. The summed E-state index contributed by atoms with van der Waals surface area (Å²) in [7, 11) is 0. The number of aryl methyl sites for hydroxylation is 3. The molecule has 1 fully saturated rings. The van der Waals surface area contributed by atoms with Crippen LogP contribution < -0.4 is 10.2 Å². The molecule has 3 rings (SSSR count). The quantitative estimate of drug-likeness (QED) is 0.903. The fourth-order valence-electron chi connectivity index (χ4n) is 3.11. The number of anilines is 2. The summed E-state index contributed by atoms with van der Waals surface area (Å²) in [5.41, 5.74) is 5.07. The Morgan fingerprint density at radius 2 is 1.96 bits per heavy atom. The standard InChI is InChI=1S/C18H25N5O/c1-13-5-4-6-16(11-13)23-9-7-22(8-10-23)12-17(24)19-18-14(2)20-21-15(18)3/h4-6,11H,7-10,12H2,1-3H3,(H,19,24)(H,20,21). The van der Waals surface area contributed by atoms with Crippen LogP contribution in [0.5, 0.6) is 0 Å². The van der Waals surface area contributed by atoms with E-state index in [0.717, 1.165) is 43.3 Å². The van der Waals surface area contributed by atoms with Crippen molar-refractivity contribution in [3.63, 3.8) is 0 Å². The van der Waals surface area contributed by atoms with Gasteiger partial charge in [-0.2, -0.15) is 5.10 Å². The molecule has 6 nitrogen and oxygen atoms in total. The molecule has 24 heavy (non-hydrogen) atoms. The Labute approximate surface area is 142 Å². The summed E-state index contributed by atoms with van der Waals surface area (Å²) in [4.78, 5) is 16.9. The van der Waals surface area contributed by atoms with Crippen molar-refractivity contribution >= 4 is 17.3 Å². The number of rotatable bonds is 4. The monoisotopic (exact) mass is 327 g/mol. The SMILES string of the molecule is Cc1cccc(N2CCN(CC(=O)Nc3c(C)n[nH]c3C)CC2)c1. The van der Waals surface area contributed by atoms with Crippen molar-refractivity contribution in [3.05, 3.63) is 41.2 Å². The number of hydrogen-bond acceptors (Lipinski definition) is 4. The van der Waals surface area contributed by atoms with Gasteiger partial charge in [-0.3, -0.25) is 14.8 Å². The number of H-pyrrole nitrogens is 1. The zero-order valence-electron chi connectivity index (χ0n) is 14.6. The Balaban J connectivity index is 1.51. The predicted molar refractivity (Wildman–Crippen MR) is 96.5 cm³/mol. The van der Waals surface area contributed by atoms with Gasteiger partial charge in [-0.15, -0.1) is 0 Å². The summed E-state index contributed by atoms with van der Waals surface area (Å²) in [5, 5.41) is 9.96. The first-order valence-electron chi connectivity index (χ1n) is 8.38. The highest BCUT2D eigenvalue weighted by Crippen LogP contribution is 2.18. The van der Waals surface area contributed by atoms with Gasteiger partial charge < -0.3 is 10.2 Å². The van der Waals surface area contributed by atoms with Crippen molar-refractivity contribution in [1.29, 1.82) is 0 Å². The van der Waals surface area contributed by atoms with Gasteiger partial charge in [0.25, 0.3) is 0 Å². The van der Waals surface area contributed by atoms with E-state index in [9.17, 15) is 4.79 Å². The minimum Gasteiger partial charge on any atom is -0.369 e. The highest BCUT2D eigenvalue weighted by Gasteiger charge is 2.20. The van der Waals surface area contributed by atoms with E-state index in [2.05, 4.69) is 56.5 Å². The third-order valence-electron chi connectivity index (χ3n) is 4.50. The van der Waals surface area contributed by atoms with Gasteiger partial charge in [0.1, 0.15) is 0 Å². The number of carbonyl (C=O) groups is 1. The van der Waals surface area contributed by atoms with Crippen LogP contribution in [0.4, 0.5) is 11.4 Å². The molecule has 0 spiro atoms. The molecular formula is C18H25N5O. The zero-order valence-corrected chi connectivity index (χ0v) is 14.6. The van der Waals surface area contributed by atoms with Gasteiger partial charge in [0.05, 0.1) is 23.6 Å². The van der Waals surface area contributed by atoms with Gasteiger partial charge in [-0.1, -0.05) is 12.1 Å². The third kappa shape index (κ3) is 3.76. The Hall–Kier alpha value is -2.34. The molecule has 128 valence electrons. The van der Waals surface area contributed by atoms with Crippen LogP contribution >= 0.6 is 0 Å². The van der Waals surface area contributed by atoms with Crippen LogP contribution in [0.25, 0.3) is 0 Å². The maximum absolute atomic E-state index is 12.3. The molecule has 1 aliphatic rings. The number of piperazine rings is 1. The zero-order chi connectivity index (χ0) is 17.1. The van der Waals surface area contributed by atoms with E-state index in [-0.39, 0.29) is 5.91 Å². The largest absolute Gasteiger partial charge is 0.369 e. The van der Waals surface area contributed by atoms with Crippen LogP contribution in [0.2, 0.25) is 0 Å². The number of amides is 1. The van der Waals surface area contributed by atoms with E-state index < -0.39 is 0 Å². The summed E-state index contributed by atoms with van der Waals surface area (Å²) >= 11 is 0. The number of hydrogen-bond donors (Lipinski definition) is 2. The molecule has 0 unspecified atom stereocenters. The molecule has 2 N–H and O–H groups in total. The molecule has 1 aromatic heterocycles. The molecule has 0 atom stereocenters. The van der Waals surface area contributed by atoms with E-state index in [1.165, 1.54) is 11.3 Å². The van der Waals surface area contributed by atoms with E-state index >= 15 is 0 Å². The Morgan fingerprint density at radius 1 is 1.21 bits per heavy atom. The molecule has 2 aromatic rings. The minimum atomic E-state index is 0.0200. The first-order chi connectivity index (χ1) is 11.5. The van der Waals surface area contributed by atoms with Crippen LogP contribution in [-0.4, -0.2) is 53.7 Å². The number of aromatic nitrogens is 2. The van der Waals surface area contributed by atoms with Crippen molar-refractivity contribution in [1.82, 2.24) is 15.1 Å². The molecule has 0 saturated carbocycles. The molecule has 1 amide bonds. The topological polar surface area (TPSA) is 64.3 Å². The van der Waals surface area contributed by atoms with Gasteiger partial charge in [-0.25, -0.2) is 0 Å². The number of nitrogens with zero attached hydrogens (tertiary/aromatic N) is 3. The fraction of sp³-hybridized carbons (Fsp3) is 0.444. The lowest BCUT2D eigenvalue weighted by Gasteiger charge is -2.35. The lowest BCUT2D eigenvalue weighted by Crippen LogP contribution is -2.48. The second-order valence-electron chi connectivity index (χ2n) is 6.46. The number of aromatic amines is 1. The van der Waals surface area contributed by atoms with Gasteiger partial charge in [-0.05, 0) is 38.5 Å². The first-order valence-corrected chi connectivity index (χ1v) is 8.38. The van der Waals surface area contributed by atoms with Crippen molar-refractivity contribution in [2.75, 3.05) is 42.9 Å². The van der Waals surface area contributed by atoms with Crippen LogP contribution in [0.3, 0.4) is 0 Å². The number of carbonyl (C=O) groups excluding carboxylic acids is 1. The van der Waals surface area contributed by atoms with E-state index in [0.29, 0.717) is 6.54 Å². The third-order valence-corrected chi connectivity index (χ3v) is 4.50. The van der Waals surface area contributed by atoms with Gasteiger partial charge >= 0.3 is 0 Å². The summed E-state index contributed by atoms with van der Waals surface area (Å²) < 4.78 is 0. The lowest BCUT2D eigenvalue weighted by atomic mass is 10.2. The van der Waals surface area contributed by atoms with Crippen molar-refractivity contribution in [2.24, 2.45) is 0 Å². The molecule has 0 radical (unpaired) electrons. The van der Waals surface area contributed by atoms with E-state index in [1.807, 2.05) is 13.8 Å². The van der Waals surface area contributed by atoms with Crippen LogP contribution in [-0.2, 0) is 4.79 Å². The first kappa shape index (κ1) is 16.5. The second-order valence-corrected chi connectivity index (χ2v) is 6.46. The van der Waals surface area contributed by atoms with Gasteiger partial charge in [0.15, 0.2) is 0 Å². The van der Waals surface area contributed by atoms with Gasteiger partial charge in [0, 0.05) is 31.9 Å². The van der Waals surface area contributed by atoms with Crippen LogP contribution in [0.1, 0.15) is 17.0 Å². The molecule has 0 bridgehead atoms. The predicted octanol–water partition coefficient (Wildman–Crippen LogP) is 2.10. The summed E-state index contributed by atoms with van der Waals surface area (Å²) in [6, 6.07) is 8.58. The normalized spacial score (nSPS) is 15.5. The number of nitrogens with one attached hydrogen (secondary N) is 2. The summed E-state index contributed by atoms with van der Waals surface area (Å²) in [6.07, 6.45) is 0. The highest BCUT2D eigenvalue weighted by molar-refractivity contribution is 5.93. The summed E-state index contributed by atoms with van der Waals surface area (Å²) in [5.74, 6) is 0.0200. The molecule has 1 saturated heterocycles. The Morgan fingerprint density at radius 3 is 2.58 bits per heavy atom. The van der Waals surface area contributed by atoms with Crippen molar-refractivity contribution in [3.8, 4) is 0 Å². The second kappa shape index (κ2) is 7.05. The van der Waals surface area contributed by atoms with E-state index in [1.54, 1.807) is 0 Å². The minimum absolute atomic E-state index is 0.0200. The highest BCUT2D eigenvalue weighted by atomic mass is 16.2. The maximum atomic E-state index is 12.3. The lowest BCUT2D eigenvalue weighted by molar-refractivity contribution is -0.117. The summed E-state index contributed by atoms with van der Waals surface area (Å²) in [6.45, 7) is 10.0. The molecule has 1 aliphatic heterocycles. The van der Waals surface area contributed by atoms with Crippen molar-refractivity contribution in [2.45, 2.75) is 20.8 Å². The Kier molecular flexibility index (Phi) is 4.85. The fourth-order valence-corrected chi connectivity index (χ4v) is 3.11. The van der Waals surface area contributed by atoms with Crippen LogP contribution in [0, 0.1) is 20.8 Å². The Bertz CT molecular complexity index is 696. The van der Waals surface area contributed by atoms with E-state index in [4.69, 9.17) is 0 Å². The maximum Gasteiger partial charge on any atom is 0.238 e. The molecular weight excluding hydrogens is 302 g/mol. The molecule has 2 heterocycles. The number of benzene rings is 1. The average molecular weight is 327 g/mol. The molecule has 1 aromatic carbocycles. The molecule has 0 aliphatic carbocycles. The van der Waals surface area contributed by atoms with Crippen molar-refractivity contribution < 1.29 is 4.79 Å². The van der Waals surface area contributed by atoms with Gasteiger partial charge in [0.2, 0.25) is 5.91 Å².